The lowest BCUT2D eigenvalue weighted by molar-refractivity contribution is -0.121. The van der Waals surface area contributed by atoms with Crippen LogP contribution in [-0.4, -0.2) is 24.6 Å². The fraction of sp³-hybridized carbons (Fsp3) is 0.263. The second-order valence-corrected chi connectivity index (χ2v) is 6.23. The Balaban J connectivity index is 1.97. The molecule has 0 saturated carbocycles. The standard InChI is InChI=1S/C19H19F2N3O3/c1-11(12-6-4-7-14(9-12)27-18(20)21)24-16-8-3-2-5-13(16)10-15(17(24)25)23-19(22)26/h2-9,11,15,18H,10H2,1H3,(H3,22,23,26)/t11-,15+/m0/s1. The van der Waals surface area contributed by atoms with E-state index in [1.165, 1.54) is 12.1 Å². The molecule has 1 aliphatic rings. The Bertz CT molecular complexity index is 860. The first-order chi connectivity index (χ1) is 12.9. The Hall–Kier alpha value is -3.16. The molecule has 2 aromatic rings. The Kier molecular flexibility index (Phi) is 5.25. The molecule has 0 aliphatic carbocycles. The number of anilines is 1. The number of amides is 3. The third-order valence-electron chi connectivity index (χ3n) is 4.48. The fourth-order valence-electron chi connectivity index (χ4n) is 3.30. The van der Waals surface area contributed by atoms with Gasteiger partial charge >= 0.3 is 12.6 Å². The molecule has 0 fully saturated rings. The predicted octanol–water partition coefficient (Wildman–Crippen LogP) is 2.98. The first-order valence-corrected chi connectivity index (χ1v) is 8.38. The molecule has 1 aliphatic heterocycles. The van der Waals surface area contributed by atoms with Gasteiger partial charge in [-0.15, -0.1) is 0 Å². The molecule has 3 rings (SSSR count). The molecule has 0 saturated heterocycles. The molecule has 0 unspecified atom stereocenters. The minimum atomic E-state index is -2.93. The van der Waals surface area contributed by atoms with Crippen molar-refractivity contribution < 1.29 is 23.1 Å². The molecule has 0 radical (unpaired) electrons. The van der Waals surface area contributed by atoms with Gasteiger partial charge < -0.3 is 20.7 Å². The molecule has 1 heterocycles. The summed E-state index contributed by atoms with van der Waals surface area (Å²) in [5.74, 6) is -0.306. The Morgan fingerprint density at radius 3 is 2.70 bits per heavy atom. The average Bonchev–Trinajstić information content (AvgIpc) is 2.61. The Morgan fingerprint density at radius 2 is 2.00 bits per heavy atom. The number of primary amides is 1. The highest BCUT2D eigenvalue weighted by Crippen LogP contribution is 2.35. The Labute approximate surface area is 154 Å². The first-order valence-electron chi connectivity index (χ1n) is 8.38. The van der Waals surface area contributed by atoms with Gasteiger partial charge in [-0.25, -0.2) is 4.79 Å². The second-order valence-electron chi connectivity index (χ2n) is 6.23. The van der Waals surface area contributed by atoms with E-state index in [4.69, 9.17) is 5.73 Å². The zero-order valence-corrected chi connectivity index (χ0v) is 14.6. The number of benzene rings is 2. The van der Waals surface area contributed by atoms with Crippen LogP contribution in [-0.2, 0) is 11.2 Å². The first kappa shape index (κ1) is 18.6. The van der Waals surface area contributed by atoms with Crippen molar-refractivity contribution in [3.05, 3.63) is 59.7 Å². The van der Waals surface area contributed by atoms with E-state index in [0.717, 1.165) is 5.56 Å². The molecule has 8 heteroatoms. The van der Waals surface area contributed by atoms with Gasteiger partial charge in [-0.1, -0.05) is 30.3 Å². The van der Waals surface area contributed by atoms with Gasteiger partial charge in [0.2, 0.25) is 0 Å². The molecule has 2 aromatic carbocycles. The summed E-state index contributed by atoms with van der Waals surface area (Å²) in [6.45, 7) is -1.15. The van der Waals surface area contributed by atoms with Crippen molar-refractivity contribution >= 4 is 17.6 Å². The predicted molar refractivity (Wildman–Crippen MR) is 95.6 cm³/mol. The number of halogens is 2. The van der Waals surface area contributed by atoms with Crippen molar-refractivity contribution in [1.82, 2.24) is 5.32 Å². The van der Waals surface area contributed by atoms with Crippen molar-refractivity contribution in [2.45, 2.75) is 32.0 Å². The van der Waals surface area contributed by atoms with Crippen LogP contribution < -0.4 is 20.7 Å². The number of nitrogens with one attached hydrogen (secondary N) is 1. The topological polar surface area (TPSA) is 84.7 Å². The number of rotatable bonds is 5. The number of nitrogens with zero attached hydrogens (tertiary/aromatic N) is 1. The summed E-state index contributed by atoms with van der Waals surface area (Å²) in [5.41, 5.74) is 7.40. The van der Waals surface area contributed by atoms with Gasteiger partial charge in [0.25, 0.3) is 5.91 Å². The summed E-state index contributed by atoms with van der Waals surface area (Å²) in [6, 6.07) is 11.5. The number of urea groups is 1. The van der Waals surface area contributed by atoms with E-state index in [-0.39, 0.29) is 11.7 Å². The highest BCUT2D eigenvalue weighted by molar-refractivity contribution is 6.02. The lowest BCUT2D eigenvalue weighted by Crippen LogP contribution is -2.54. The van der Waals surface area contributed by atoms with Gasteiger partial charge in [0.05, 0.1) is 6.04 Å². The summed E-state index contributed by atoms with van der Waals surface area (Å²) in [7, 11) is 0. The number of carbonyl (C=O) groups is 2. The largest absolute Gasteiger partial charge is 0.435 e. The van der Waals surface area contributed by atoms with E-state index in [2.05, 4.69) is 10.1 Å². The van der Waals surface area contributed by atoms with Crippen LogP contribution in [0.25, 0.3) is 0 Å². The minimum absolute atomic E-state index is 0.0129. The van der Waals surface area contributed by atoms with Crippen molar-refractivity contribution in [3.8, 4) is 5.75 Å². The fourth-order valence-corrected chi connectivity index (χ4v) is 3.30. The van der Waals surface area contributed by atoms with Gasteiger partial charge in [-0.3, -0.25) is 4.79 Å². The van der Waals surface area contributed by atoms with Crippen molar-refractivity contribution in [3.63, 3.8) is 0 Å². The van der Waals surface area contributed by atoms with Gasteiger partial charge in [0, 0.05) is 12.1 Å². The normalized spacial score (nSPS) is 17.4. The highest BCUT2D eigenvalue weighted by atomic mass is 19.3. The number of hydrogen-bond acceptors (Lipinski definition) is 3. The molecule has 2 atom stereocenters. The number of para-hydroxylation sites is 1. The van der Waals surface area contributed by atoms with Crippen molar-refractivity contribution in [2.24, 2.45) is 5.73 Å². The molecular weight excluding hydrogens is 356 g/mol. The molecule has 142 valence electrons. The van der Waals surface area contributed by atoms with Crippen LogP contribution >= 0.6 is 0 Å². The summed E-state index contributed by atoms with van der Waals surface area (Å²) >= 11 is 0. The van der Waals surface area contributed by atoms with Crippen molar-refractivity contribution in [2.75, 3.05) is 4.90 Å². The maximum absolute atomic E-state index is 13.0. The molecule has 0 spiro atoms. The Morgan fingerprint density at radius 1 is 1.26 bits per heavy atom. The zero-order valence-electron chi connectivity index (χ0n) is 14.6. The van der Waals surface area contributed by atoms with Crippen LogP contribution in [0.1, 0.15) is 24.1 Å². The molecule has 27 heavy (non-hydrogen) atoms. The van der Waals surface area contributed by atoms with E-state index in [1.807, 2.05) is 24.3 Å². The van der Waals surface area contributed by atoms with E-state index in [1.54, 1.807) is 24.0 Å². The maximum Gasteiger partial charge on any atom is 0.387 e. The third kappa shape index (κ3) is 3.99. The number of hydrogen-bond donors (Lipinski definition) is 2. The van der Waals surface area contributed by atoms with E-state index in [0.29, 0.717) is 17.7 Å². The SMILES string of the molecule is C[C@@H](c1cccc(OC(F)F)c1)N1C(=O)[C@H](NC(N)=O)Cc2ccccc21. The van der Waals surface area contributed by atoms with Crippen LogP contribution in [0.4, 0.5) is 19.3 Å². The highest BCUT2D eigenvalue weighted by Gasteiger charge is 2.36. The lowest BCUT2D eigenvalue weighted by atomic mass is 9.94. The summed E-state index contributed by atoms with van der Waals surface area (Å²) in [6.07, 6.45) is 0.329. The maximum atomic E-state index is 13.0. The number of ether oxygens (including phenoxy) is 1. The third-order valence-corrected chi connectivity index (χ3v) is 4.48. The lowest BCUT2D eigenvalue weighted by Gasteiger charge is -2.38. The average molecular weight is 375 g/mol. The smallest absolute Gasteiger partial charge is 0.387 e. The number of carbonyl (C=O) groups excluding carboxylic acids is 2. The second kappa shape index (κ2) is 7.61. The van der Waals surface area contributed by atoms with Gasteiger partial charge in [-0.05, 0) is 36.2 Å². The summed E-state index contributed by atoms with van der Waals surface area (Å²) < 4.78 is 29.5. The molecule has 6 nitrogen and oxygen atoms in total. The van der Waals surface area contributed by atoms with Crippen LogP contribution in [0.3, 0.4) is 0 Å². The van der Waals surface area contributed by atoms with Gasteiger partial charge in [-0.2, -0.15) is 8.78 Å². The molecule has 3 N–H and O–H groups in total. The van der Waals surface area contributed by atoms with Crippen molar-refractivity contribution in [1.29, 1.82) is 0 Å². The minimum Gasteiger partial charge on any atom is -0.435 e. The van der Waals surface area contributed by atoms with Crippen LogP contribution in [0.2, 0.25) is 0 Å². The van der Waals surface area contributed by atoms with Crippen LogP contribution in [0, 0.1) is 0 Å². The van der Waals surface area contributed by atoms with Gasteiger partial charge in [0.1, 0.15) is 11.8 Å². The number of fused-ring (bicyclic) bond motifs is 1. The quantitative estimate of drug-likeness (QED) is 0.843. The van der Waals surface area contributed by atoms with Gasteiger partial charge in [0.15, 0.2) is 0 Å². The number of alkyl halides is 2. The van der Waals surface area contributed by atoms with E-state index < -0.39 is 24.7 Å². The van der Waals surface area contributed by atoms with Crippen LogP contribution in [0.5, 0.6) is 5.75 Å². The molecular formula is C19H19F2N3O3. The summed E-state index contributed by atoms with van der Waals surface area (Å²) in [4.78, 5) is 25.8. The van der Waals surface area contributed by atoms with Crippen LogP contribution in [0.15, 0.2) is 48.5 Å². The summed E-state index contributed by atoms with van der Waals surface area (Å²) in [5, 5.41) is 2.47. The van der Waals surface area contributed by atoms with E-state index in [9.17, 15) is 18.4 Å². The molecule has 0 aromatic heterocycles. The molecule has 3 amide bonds. The zero-order chi connectivity index (χ0) is 19.6. The number of nitrogens with two attached hydrogens (primary N) is 1. The monoisotopic (exact) mass is 375 g/mol. The molecule has 0 bridgehead atoms. The van der Waals surface area contributed by atoms with E-state index >= 15 is 0 Å².